The number of rotatable bonds is 1. The van der Waals surface area contributed by atoms with Crippen molar-refractivity contribution in [3.8, 4) is 0 Å². The molecule has 2 aromatic rings. The van der Waals surface area contributed by atoms with Crippen molar-refractivity contribution in [1.82, 2.24) is 9.61 Å². The van der Waals surface area contributed by atoms with E-state index in [-0.39, 0.29) is 5.69 Å². The summed E-state index contributed by atoms with van der Waals surface area (Å²) in [6.45, 7) is 1.91. The Bertz CT molecular complexity index is 434. The maximum absolute atomic E-state index is 12.2. The van der Waals surface area contributed by atoms with Gasteiger partial charge in [0, 0.05) is 6.20 Å². The lowest BCUT2D eigenvalue weighted by molar-refractivity contribution is 0.145. The Hall–Kier alpha value is -1.45. The third-order valence-corrected chi connectivity index (χ3v) is 1.86. The molecule has 2 aromatic heterocycles. The molecule has 0 aliphatic rings. The molecular formula is C9H8F2N2. The summed E-state index contributed by atoms with van der Waals surface area (Å²) in [5.74, 6) is 0. The Kier molecular flexibility index (Phi) is 1.76. The molecule has 4 heteroatoms. The fourth-order valence-electron chi connectivity index (χ4n) is 1.23. The number of aryl methyl sites for hydroxylation is 1. The van der Waals surface area contributed by atoms with Gasteiger partial charge in [0.25, 0.3) is 6.43 Å². The van der Waals surface area contributed by atoms with E-state index >= 15 is 0 Å². The minimum Gasteiger partial charge on any atom is -0.240 e. The molecule has 2 rings (SSSR count). The van der Waals surface area contributed by atoms with Gasteiger partial charge in [0.1, 0.15) is 5.69 Å². The predicted molar refractivity (Wildman–Crippen MR) is 44.9 cm³/mol. The lowest BCUT2D eigenvalue weighted by atomic mass is 10.3. The van der Waals surface area contributed by atoms with Crippen LogP contribution in [0.2, 0.25) is 0 Å². The molecule has 0 N–H and O–H groups in total. The molecule has 0 aromatic carbocycles. The lowest BCUT2D eigenvalue weighted by Crippen LogP contribution is -1.88. The molecule has 0 bridgehead atoms. The van der Waals surface area contributed by atoms with Gasteiger partial charge in [-0.25, -0.2) is 13.3 Å². The van der Waals surface area contributed by atoms with E-state index in [0.29, 0.717) is 5.52 Å². The minimum atomic E-state index is -2.50. The summed E-state index contributed by atoms with van der Waals surface area (Å²) in [6.07, 6.45) is -0.823. The molecule has 0 fully saturated rings. The summed E-state index contributed by atoms with van der Waals surface area (Å²) in [5.41, 5.74) is 1.56. The lowest BCUT2D eigenvalue weighted by Gasteiger charge is -1.92. The van der Waals surface area contributed by atoms with Crippen LogP contribution >= 0.6 is 0 Å². The number of pyridine rings is 1. The molecule has 0 spiro atoms. The average molecular weight is 182 g/mol. The molecule has 0 amide bonds. The summed E-state index contributed by atoms with van der Waals surface area (Å²) in [5, 5.41) is 3.72. The number of alkyl halides is 2. The maximum Gasteiger partial charge on any atom is 0.282 e. The summed E-state index contributed by atoms with van der Waals surface area (Å²) < 4.78 is 25.9. The highest BCUT2D eigenvalue weighted by Crippen LogP contribution is 2.18. The molecule has 2 nitrogen and oxygen atoms in total. The fraction of sp³-hybridized carbons (Fsp3) is 0.222. The van der Waals surface area contributed by atoms with Crippen molar-refractivity contribution in [3.05, 3.63) is 35.7 Å². The topological polar surface area (TPSA) is 17.3 Å². The van der Waals surface area contributed by atoms with Gasteiger partial charge in [-0.05, 0) is 30.7 Å². The zero-order valence-electron chi connectivity index (χ0n) is 7.04. The molecule has 0 radical (unpaired) electrons. The third kappa shape index (κ3) is 1.39. The zero-order valence-corrected chi connectivity index (χ0v) is 7.04. The second kappa shape index (κ2) is 2.80. The summed E-state index contributed by atoms with van der Waals surface area (Å²) in [7, 11) is 0. The van der Waals surface area contributed by atoms with Crippen LogP contribution in [0, 0.1) is 6.92 Å². The number of halogens is 2. The zero-order chi connectivity index (χ0) is 9.42. The SMILES string of the molecule is Cc1ccn2nc(C(F)F)cc2c1. The Morgan fingerprint density at radius 3 is 2.85 bits per heavy atom. The van der Waals surface area contributed by atoms with Crippen molar-refractivity contribution >= 4 is 5.52 Å². The van der Waals surface area contributed by atoms with Crippen molar-refractivity contribution < 1.29 is 8.78 Å². The van der Waals surface area contributed by atoms with Crippen molar-refractivity contribution in [2.75, 3.05) is 0 Å². The van der Waals surface area contributed by atoms with Gasteiger partial charge in [0.15, 0.2) is 0 Å². The van der Waals surface area contributed by atoms with E-state index in [0.717, 1.165) is 5.56 Å². The Balaban J connectivity index is 2.62. The first-order chi connectivity index (χ1) is 6.16. The standard InChI is InChI=1S/C9H8F2N2/c1-6-2-3-13-7(4-6)5-8(12-13)9(10)11/h2-5,9H,1H3. The molecule has 13 heavy (non-hydrogen) atoms. The van der Waals surface area contributed by atoms with Crippen LogP contribution in [0.3, 0.4) is 0 Å². The summed E-state index contributed by atoms with van der Waals surface area (Å²) in [6, 6.07) is 5.05. The van der Waals surface area contributed by atoms with Crippen molar-refractivity contribution in [2.24, 2.45) is 0 Å². The summed E-state index contributed by atoms with van der Waals surface area (Å²) in [4.78, 5) is 0. The predicted octanol–water partition coefficient (Wildman–Crippen LogP) is 2.58. The van der Waals surface area contributed by atoms with E-state index < -0.39 is 6.43 Å². The van der Waals surface area contributed by atoms with Crippen molar-refractivity contribution in [3.63, 3.8) is 0 Å². The molecule has 0 atom stereocenters. The van der Waals surface area contributed by atoms with Crippen LogP contribution in [-0.4, -0.2) is 9.61 Å². The van der Waals surface area contributed by atoms with Gasteiger partial charge in [-0.3, -0.25) is 0 Å². The van der Waals surface area contributed by atoms with Crippen LogP contribution in [0.5, 0.6) is 0 Å². The van der Waals surface area contributed by atoms with Crippen LogP contribution in [0.4, 0.5) is 8.78 Å². The number of hydrogen-bond donors (Lipinski definition) is 0. The number of fused-ring (bicyclic) bond motifs is 1. The van der Waals surface area contributed by atoms with Gasteiger partial charge in [0.2, 0.25) is 0 Å². The summed E-state index contributed by atoms with van der Waals surface area (Å²) >= 11 is 0. The van der Waals surface area contributed by atoms with E-state index in [1.54, 1.807) is 6.20 Å². The van der Waals surface area contributed by atoms with Gasteiger partial charge in [0.05, 0.1) is 5.52 Å². The van der Waals surface area contributed by atoms with Gasteiger partial charge in [-0.15, -0.1) is 0 Å². The fourth-order valence-corrected chi connectivity index (χ4v) is 1.23. The van der Waals surface area contributed by atoms with E-state index in [1.807, 2.05) is 19.1 Å². The Labute approximate surface area is 73.8 Å². The van der Waals surface area contributed by atoms with E-state index in [2.05, 4.69) is 5.10 Å². The largest absolute Gasteiger partial charge is 0.282 e. The van der Waals surface area contributed by atoms with Crippen LogP contribution < -0.4 is 0 Å². The van der Waals surface area contributed by atoms with Crippen LogP contribution in [0.1, 0.15) is 17.7 Å². The molecule has 0 unspecified atom stereocenters. The number of nitrogens with zero attached hydrogens (tertiary/aromatic N) is 2. The second-order valence-corrected chi connectivity index (χ2v) is 2.94. The number of aromatic nitrogens is 2. The van der Waals surface area contributed by atoms with E-state index in [4.69, 9.17) is 0 Å². The van der Waals surface area contributed by atoms with Crippen molar-refractivity contribution in [1.29, 1.82) is 0 Å². The van der Waals surface area contributed by atoms with Crippen molar-refractivity contribution in [2.45, 2.75) is 13.3 Å². The van der Waals surface area contributed by atoms with E-state index in [1.165, 1.54) is 10.6 Å². The van der Waals surface area contributed by atoms with Gasteiger partial charge in [-0.1, -0.05) is 0 Å². The molecule has 2 heterocycles. The highest BCUT2D eigenvalue weighted by atomic mass is 19.3. The normalized spacial score (nSPS) is 11.4. The monoisotopic (exact) mass is 182 g/mol. The quantitative estimate of drug-likeness (QED) is 0.662. The van der Waals surface area contributed by atoms with Gasteiger partial charge >= 0.3 is 0 Å². The third-order valence-electron chi connectivity index (χ3n) is 1.86. The molecular weight excluding hydrogens is 174 g/mol. The first-order valence-electron chi connectivity index (χ1n) is 3.91. The molecule has 0 aliphatic carbocycles. The highest BCUT2D eigenvalue weighted by Gasteiger charge is 2.11. The van der Waals surface area contributed by atoms with Crippen LogP contribution in [0.25, 0.3) is 5.52 Å². The van der Waals surface area contributed by atoms with Gasteiger partial charge < -0.3 is 0 Å². The molecule has 0 saturated carbocycles. The second-order valence-electron chi connectivity index (χ2n) is 2.94. The van der Waals surface area contributed by atoms with Crippen LogP contribution in [-0.2, 0) is 0 Å². The smallest absolute Gasteiger partial charge is 0.240 e. The Morgan fingerprint density at radius 2 is 2.15 bits per heavy atom. The Morgan fingerprint density at radius 1 is 1.38 bits per heavy atom. The van der Waals surface area contributed by atoms with Gasteiger partial charge in [-0.2, -0.15) is 5.10 Å². The first kappa shape index (κ1) is 8.16. The molecule has 0 aliphatic heterocycles. The highest BCUT2D eigenvalue weighted by molar-refractivity contribution is 5.49. The molecule has 68 valence electrons. The first-order valence-corrected chi connectivity index (χ1v) is 3.91. The maximum atomic E-state index is 12.2. The van der Waals surface area contributed by atoms with E-state index in [9.17, 15) is 8.78 Å². The molecule has 0 saturated heterocycles. The minimum absolute atomic E-state index is 0.175. The number of hydrogen-bond acceptors (Lipinski definition) is 1. The average Bonchev–Trinajstić information content (AvgIpc) is 2.46. The van der Waals surface area contributed by atoms with Crippen LogP contribution in [0.15, 0.2) is 24.4 Å².